The monoisotopic (exact) mass is 469 g/mol. The van der Waals surface area contributed by atoms with Gasteiger partial charge in [-0.25, -0.2) is 0 Å². The van der Waals surface area contributed by atoms with Gasteiger partial charge in [-0.15, -0.1) is 0 Å². The number of nitrogens with zero attached hydrogens (tertiary/aromatic N) is 1. The van der Waals surface area contributed by atoms with Crippen molar-refractivity contribution in [3.63, 3.8) is 0 Å². The molecule has 0 fully saturated rings. The Kier molecular flexibility index (Phi) is 6.36. The number of hydrogen-bond donors (Lipinski definition) is 0. The predicted molar refractivity (Wildman–Crippen MR) is 119 cm³/mol. The van der Waals surface area contributed by atoms with E-state index < -0.39 is 0 Å². The van der Waals surface area contributed by atoms with Gasteiger partial charge in [-0.05, 0) is 82.6 Å². The molecule has 0 saturated carbocycles. The van der Waals surface area contributed by atoms with E-state index in [1.54, 1.807) is 0 Å². The molecule has 0 aliphatic heterocycles. The van der Waals surface area contributed by atoms with Crippen LogP contribution >= 0.6 is 22.6 Å². The topological polar surface area (TPSA) is 42.2 Å². The Hall–Kier alpha value is -2.52. The van der Waals surface area contributed by atoms with Crippen LogP contribution in [0.5, 0.6) is 11.5 Å². The van der Waals surface area contributed by atoms with Crippen LogP contribution in [0.4, 0.5) is 0 Å². The Labute approximate surface area is 173 Å². The minimum absolute atomic E-state index is 0.555. The average molecular weight is 469 g/mol. The van der Waals surface area contributed by atoms with Gasteiger partial charge in [0.15, 0.2) is 11.5 Å². The van der Waals surface area contributed by atoms with E-state index in [4.69, 9.17) is 9.47 Å². The summed E-state index contributed by atoms with van der Waals surface area (Å²) in [7, 11) is 0. The summed E-state index contributed by atoms with van der Waals surface area (Å²) in [5, 5.41) is 12.0. The van der Waals surface area contributed by atoms with Crippen molar-refractivity contribution in [3.8, 4) is 17.6 Å². The fraction of sp³-hybridized carbons (Fsp3) is 0.174. The molecule has 27 heavy (non-hydrogen) atoms. The number of nitriles is 1. The van der Waals surface area contributed by atoms with E-state index in [0.29, 0.717) is 24.5 Å². The van der Waals surface area contributed by atoms with Gasteiger partial charge < -0.3 is 9.47 Å². The highest BCUT2D eigenvalue weighted by Gasteiger charge is 2.12. The van der Waals surface area contributed by atoms with Crippen LogP contribution in [0.1, 0.15) is 25.0 Å². The lowest BCUT2D eigenvalue weighted by molar-refractivity contribution is 0.286. The zero-order valence-electron chi connectivity index (χ0n) is 15.3. The van der Waals surface area contributed by atoms with Gasteiger partial charge in [0, 0.05) is 0 Å². The Morgan fingerprint density at radius 2 is 1.74 bits per heavy atom. The lowest BCUT2D eigenvalue weighted by atomic mass is 10.00. The molecule has 0 saturated heterocycles. The molecular formula is C23H20INO2. The minimum Gasteiger partial charge on any atom is -0.490 e. The van der Waals surface area contributed by atoms with Crippen LogP contribution in [0.25, 0.3) is 22.4 Å². The standard InChI is InChI=1S/C23H20INO2/c1-3-26-22-13-16(12-21(24)23(22)27-4-2)11-20(15-25)19-10-9-17-7-5-6-8-18(17)14-19/h5-14H,3-4H2,1-2H3/b20-11-. The van der Waals surface area contributed by atoms with E-state index in [0.717, 1.165) is 31.2 Å². The second-order valence-electron chi connectivity index (χ2n) is 5.93. The maximum Gasteiger partial charge on any atom is 0.174 e. The highest BCUT2D eigenvalue weighted by Crippen LogP contribution is 2.35. The molecule has 0 aliphatic rings. The Morgan fingerprint density at radius 3 is 2.44 bits per heavy atom. The van der Waals surface area contributed by atoms with E-state index in [-0.39, 0.29) is 0 Å². The smallest absolute Gasteiger partial charge is 0.174 e. The molecule has 3 aromatic carbocycles. The molecule has 0 atom stereocenters. The summed E-state index contributed by atoms with van der Waals surface area (Å²) in [5.41, 5.74) is 2.43. The van der Waals surface area contributed by atoms with Crippen LogP contribution in [0.2, 0.25) is 0 Å². The van der Waals surface area contributed by atoms with Gasteiger partial charge in [0.1, 0.15) is 0 Å². The van der Waals surface area contributed by atoms with Gasteiger partial charge in [-0.2, -0.15) is 5.26 Å². The molecule has 4 heteroatoms. The summed E-state index contributed by atoms with van der Waals surface area (Å²) >= 11 is 2.24. The number of fused-ring (bicyclic) bond motifs is 1. The second-order valence-corrected chi connectivity index (χ2v) is 7.09. The Morgan fingerprint density at radius 1 is 1.00 bits per heavy atom. The van der Waals surface area contributed by atoms with E-state index in [1.165, 1.54) is 0 Å². The highest BCUT2D eigenvalue weighted by atomic mass is 127. The van der Waals surface area contributed by atoms with Crippen LogP contribution in [0, 0.1) is 14.9 Å². The van der Waals surface area contributed by atoms with Gasteiger partial charge in [0.05, 0.1) is 28.4 Å². The summed E-state index contributed by atoms with van der Waals surface area (Å²) < 4.78 is 12.4. The molecule has 0 aliphatic carbocycles. The number of benzene rings is 3. The fourth-order valence-corrected chi connectivity index (χ4v) is 3.70. The number of hydrogen-bond acceptors (Lipinski definition) is 3. The first-order valence-electron chi connectivity index (χ1n) is 8.86. The van der Waals surface area contributed by atoms with Crippen LogP contribution in [-0.2, 0) is 0 Å². The van der Waals surface area contributed by atoms with Crippen molar-refractivity contribution in [2.45, 2.75) is 13.8 Å². The number of rotatable bonds is 6. The van der Waals surface area contributed by atoms with Crippen molar-refractivity contribution >= 4 is 45.0 Å². The molecule has 3 aromatic rings. The number of halogens is 1. The molecule has 0 spiro atoms. The maximum atomic E-state index is 9.72. The van der Waals surface area contributed by atoms with Crippen molar-refractivity contribution in [3.05, 3.63) is 69.3 Å². The van der Waals surface area contributed by atoms with E-state index >= 15 is 0 Å². The minimum atomic E-state index is 0.555. The molecular weight excluding hydrogens is 449 g/mol. The summed E-state index contributed by atoms with van der Waals surface area (Å²) in [6.07, 6.45) is 1.89. The largest absolute Gasteiger partial charge is 0.490 e. The van der Waals surface area contributed by atoms with Crippen LogP contribution in [-0.4, -0.2) is 13.2 Å². The third-order valence-corrected chi connectivity index (χ3v) is 4.91. The lowest BCUT2D eigenvalue weighted by Gasteiger charge is -2.14. The highest BCUT2D eigenvalue weighted by molar-refractivity contribution is 14.1. The van der Waals surface area contributed by atoms with Crippen molar-refractivity contribution < 1.29 is 9.47 Å². The van der Waals surface area contributed by atoms with E-state index in [9.17, 15) is 5.26 Å². The summed E-state index contributed by atoms with van der Waals surface area (Å²) in [5.74, 6) is 1.45. The van der Waals surface area contributed by atoms with Crippen molar-refractivity contribution in [1.29, 1.82) is 5.26 Å². The summed E-state index contributed by atoms with van der Waals surface area (Å²) in [6, 6.07) is 20.5. The fourth-order valence-electron chi connectivity index (χ4n) is 2.92. The first-order chi connectivity index (χ1) is 13.2. The van der Waals surface area contributed by atoms with Gasteiger partial charge in [0.2, 0.25) is 0 Å². The van der Waals surface area contributed by atoms with Gasteiger partial charge in [-0.1, -0.05) is 36.4 Å². The van der Waals surface area contributed by atoms with Crippen LogP contribution in [0.15, 0.2) is 54.6 Å². The summed E-state index contributed by atoms with van der Waals surface area (Å²) in [4.78, 5) is 0. The van der Waals surface area contributed by atoms with Crippen LogP contribution in [0.3, 0.4) is 0 Å². The zero-order chi connectivity index (χ0) is 19.2. The quantitative estimate of drug-likeness (QED) is 0.242. The molecule has 0 amide bonds. The Balaban J connectivity index is 2.05. The molecule has 136 valence electrons. The van der Waals surface area contributed by atoms with Crippen molar-refractivity contribution in [2.24, 2.45) is 0 Å². The third-order valence-electron chi connectivity index (χ3n) is 4.11. The van der Waals surface area contributed by atoms with Crippen molar-refractivity contribution in [1.82, 2.24) is 0 Å². The molecule has 0 bridgehead atoms. The number of allylic oxidation sites excluding steroid dienone is 1. The molecule has 0 unspecified atom stereocenters. The van der Waals surface area contributed by atoms with E-state index in [2.05, 4.69) is 40.8 Å². The first-order valence-corrected chi connectivity index (χ1v) is 9.94. The number of ether oxygens (including phenoxy) is 2. The van der Waals surface area contributed by atoms with Crippen LogP contribution < -0.4 is 9.47 Å². The predicted octanol–water partition coefficient (Wildman–Crippen LogP) is 6.31. The van der Waals surface area contributed by atoms with Crippen molar-refractivity contribution in [2.75, 3.05) is 13.2 Å². The molecule has 3 rings (SSSR count). The van der Waals surface area contributed by atoms with Gasteiger partial charge in [-0.3, -0.25) is 0 Å². The zero-order valence-corrected chi connectivity index (χ0v) is 17.5. The Bertz CT molecular complexity index is 1030. The molecule has 0 heterocycles. The van der Waals surface area contributed by atoms with Gasteiger partial charge >= 0.3 is 0 Å². The average Bonchev–Trinajstić information content (AvgIpc) is 2.68. The summed E-state index contributed by atoms with van der Waals surface area (Å²) in [6.45, 7) is 5.03. The van der Waals surface area contributed by atoms with Gasteiger partial charge in [0.25, 0.3) is 0 Å². The third kappa shape index (κ3) is 4.42. The second kappa shape index (κ2) is 8.92. The lowest BCUT2D eigenvalue weighted by Crippen LogP contribution is -2.00. The maximum absolute atomic E-state index is 9.72. The first kappa shape index (κ1) is 19.2. The molecule has 3 nitrogen and oxygen atoms in total. The molecule has 0 N–H and O–H groups in total. The van der Waals surface area contributed by atoms with E-state index in [1.807, 2.05) is 62.4 Å². The normalized spacial score (nSPS) is 11.3. The molecule has 0 radical (unpaired) electrons. The SMILES string of the molecule is CCOc1cc(/C=C(/C#N)c2ccc3ccccc3c2)cc(I)c1OCC. The molecule has 0 aromatic heterocycles.